The van der Waals surface area contributed by atoms with E-state index in [1.807, 2.05) is 25.1 Å². The van der Waals surface area contributed by atoms with Gasteiger partial charge in [0.2, 0.25) is 5.91 Å². The number of para-hydroxylation sites is 1. The lowest BCUT2D eigenvalue weighted by Crippen LogP contribution is -2.24. The minimum atomic E-state index is -0.589. The number of aliphatic hydroxyl groups excluding tert-OH is 2. The number of hydrogen-bond acceptors (Lipinski definition) is 4. The third kappa shape index (κ3) is 6.40. The Bertz CT molecular complexity index is 884. The number of nitrogens with one attached hydrogen (secondary N) is 1. The van der Waals surface area contributed by atoms with Crippen LogP contribution in [0.4, 0.5) is 0 Å². The van der Waals surface area contributed by atoms with Crippen LogP contribution in [-0.4, -0.2) is 41.0 Å². The molecule has 0 unspecified atom stereocenters. The van der Waals surface area contributed by atoms with Gasteiger partial charge in [-0.1, -0.05) is 50.6 Å². The summed E-state index contributed by atoms with van der Waals surface area (Å²) in [6.07, 6.45) is 8.07. The average molecular weight is 454 g/mol. The molecule has 0 bridgehead atoms. The van der Waals surface area contributed by atoms with Gasteiger partial charge in [0.1, 0.15) is 11.9 Å². The highest BCUT2D eigenvalue weighted by atomic mass is 16.5. The van der Waals surface area contributed by atoms with Crippen LogP contribution < -0.4 is 10.1 Å². The first-order chi connectivity index (χ1) is 16.0. The molecule has 33 heavy (non-hydrogen) atoms. The number of unbranched alkanes of at least 4 members (excludes halogenated alkanes) is 1. The van der Waals surface area contributed by atoms with Gasteiger partial charge < -0.3 is 20.3 Å². The molecule has 0 radical (unpaired) electrons. The molecule has 1 fully saturated rings. The molecular formula is C28H39NO4. The monoisotopic (exact) mass is 453 g/mol. The summed E-state index contributed by atoms with van der Waals surface area (Å²) in [5, 5.41) is 24.1. The molecule has 0 saturated heterocycles. The molecule has 1 heterocycles. The van der Waals surface area contributed by atoms with E-state index >= 15 is 0 Å². The average Bonchev–Trinajstić information content (AvgIpc) is 3.31. The summed E-state index contributed by atoms with van der Waals surface area (Å²) in [6.45, 7) is 6.65. The molecule has 0 spiro atoms. The van der Waals surface area contributed by atoms with Gasteiger partial charge in [-0.15, -0.1) is 11.8 Å². The van der Waals surface area contributed by atoms with E-state index in [1.165, 1.54) is 0 Å². The van der Waals surface area contributed by atoms with E-state index in [4.69, 9.17) is 4.74 Å². The topological polar surface area (TPSA) is 78.8 Å². The summed E-state index contributed by atoms with van der Waals surface area (Å²) in [7, 11) is 0. The molecule has 1 amide bonds. The van der Waals surface area contributed by atoms with Gasteiger partial charge in [0.05, 0.1) is 12.2 Å². The van der Waals surface area contributed by atoms with E-state index in [0.29, 0.717) is 19.3 Å². The summed E-state index contributed by atoms with van der Waals surface area (Å²) < 4.78 is 6.33. The zero-order valence-corrected chi connectivity index (χ0v) is 20.2. The van der Waals surface area contributed by atoms with Gasteiger partial charge >= 0.3 is 0 Å². The van der Waals surface area contributed by atoms with Crippen molar-refractivity contribution in [2.45, 2.75) is 89.9 Å². The van der Waals surface area contributed by atoms with Gasteiger partial charge in [0.15, 0.2) is 0 Å². The number of benzene rings is 1. The third-order valence-electron chi connectivity index (χ3n) is 6.91. The second-order valence-corrected chi connectivity index (χ2v) is 9.44. The van der Waals surface area contributed by atoms with Gasteiger partial charge in [-0.05, 0) is 37.7 Å². The summed E-state index contributed by atoms with van der Waals surface area (Å²) >= 11 is 0. The first kappa shape index (κ1) is 25.3. The first-order valence-electron chi connectivity index (χ1n) is 12.4. The number of amides is 1. The van der Waals surface area contributed by atoms with Crippen LogP contribution >= 0.6 is 0 Å². The Labute approximate surface area is 198 Å². The van der Waals surface area contributed by atoms with E-state index in [2.05, 4.69) is 36.2 Å². The molecule has 1 saturated carbocycles. The number of aryl methyl sites for hydroxylation is 1. The molecule has 180 valence electrons. The molecule has 2 aliphatic rings. The predicted octanol–water partition coefficient (Wildman–Crippen LogP) is 4.12. The predicted molar refractivity (Wildman–Crippen MR) is 131 cm³/mol. The van der Waals surface area contributed by atoms with Crippen LogP contribution in [0.15, 0.2) is 30.4 Å². The number of ether oxygens (including phenoxy) is 1. The van der Waals surface area contributed by atoms with Crippen molar-refractivity contribution in [3.8, 4) is 17.6 Å². The zero-order valence-electron chi connectivity index (χ0n) is 20.2. The molecule has 1 aromatic rings. The van der Waals surface area contributed by atoms with Crippen molar-refractivity contribution >= 4 is 5.91 Å². The minimum Gasteiger partial charge on any atom is -0.489 e. The standard InChI is InChI=1S/C28H39NO4/c1-4-6-10-19(3)23(30)16-15-21-24(31)18-25-27(21)22-13-8-11-20(28(22)33-25)12-9-14-26(32)29-17-7-5-2/h8,11,13,15-16,19,21,23-25,27,30-31H,5,7,9-10,12,14,17-18H2,1-3H3,(H,29,32)/t19-,21-,23+,24+,25-,27-/m0/s1. The van der Waals surface area contributed by atoms with E-state index in [0.717, 1.165) is 49.1 Å². The molecule has 1 aliphatic heterocycles. The van der Waals surface area contributed by atoms with E-state index in [9.17, 15) is 15.0 Å². The lowest BCUT2D eigenvalue weighted by Gasteiger charge is -2.19. The number of rotatable bonds is 11. The maximum atomic E-state index is 12.0. The zero-order chi connectivity index (χ0) is 23.8. The summed E-state index contributed by atoms with van der Waals surface area (Å²) in [5.41, 5.74) is 2.27. The van der Waals surface area contributed by atoms with Crippen molar-refractivity contribution in [1.29, 1.82) is 0 Å². The summed E-state index contributed by atoms with van der Waals surface area (Å²) in [6, 6.07) is 6.22. The lowest BCUT2D eigenvalue weighted by atomic mass is 9.86. The van der Waals surface area contributed by atoms with Crippen molar-refractivity contribution < 1.29 is 19.7 Å². The lowest BCUT2D eigenvalue weighted by molar-refractivity contribution is -0.121. The van der Waals surface area contributed by atoms with Crippen LogP contribution in [0, 0.1) is 23.7 Å². The van der Waals surface area contributed by atoms with Gasteiger partial charge in [0, 0.05) is 43.2 Å². The SMILES string of the molecule is CC#CC[C@H](C)[C@H](O)C=C[C@@H]1[C@H]2c3cccc(CCCC(=O)NCCCC)c3O[C@H]2C[C@H]1O. The fourth-order valence-electron chi connectivity index (χ4n) is 4.91. The Morgan fingerprint density at radius 3 is 2.94 bits per heavy atom. The highest BCUT2D eigenvalue weighted by Gasteiger charge is 2.48. The van der Waals surface area contributed by atoms with Crippen LogP contribution in [-0.2, 0) is 11.2 Å². The van der Waals surface area contributed by atoms with Crippen molar-refractivity contribution in [1.82, 2.24) is 5.32 Å². The Hall–Kier alpha value is -2.29. The van der Waals surface area contributed by atoms with Crippen LogP contribution in [0.2, 0.25) is 0 Å². The maximum Gasteiger partial charge on any atom is 0.220 e. The van der Waals surface area contributed by atoms with Gasteiger partial charge in [-0.3, -0.25) is 4.79 Å². The van der Waals surface area contributed by atoms with Crippen molar-refractivity contribution in [2.75, 3.05) is 6.54 Å². The number of aliphatic hydroxyl groups is 2. The Morgan fingerprint density at radius 2 is 2.18 bits per heavy atom. The van der Waals surface area contributed by atoms with E-state index < -0.39 is 12.2 Å². The summed E-state index contributed by atoms with van der Waals surface area (Å²) in [5.74, 6) is 6.97. The number of carbonyl (C=O) groups is 1. The molecular weight excluding hydrogens is 414 g/mol. The van der Waals surface area contributed by atoms with Crippen LogP contribution in [0.3, 0.4) is 0 Å². The number of carbonyl (C=O) groups excluding carboxylic acids is 1. The third-order valence-corrected chi connectivity index (χ3v) is 6.91. The van der Waals surface area contributed by atoms with Crippen molar-refractivity contribution in [3.63, 3.8) is 0 Å². The van der Waals surface area contributed by atoms with Crippen molar-refractivity contribution in [3.05, 3.63) is 41.5 Å². The number of fused-ring (bicyclic) bond motifs is 3. The first-order valence-corrected chi connectivity index (χ1v) is 12.4. The molecule has 0 aromatic heterocycles. The molecule has 1 aliphatic carbocycles. The molecule has 5 heteroatoms. The fourth-order valence-corrected chi connectivity index (χ4v) is 4.91. The van der Waals surface area contributed by atoms with Gasteiger partial charge in [-0.25, -0.2) is 0 Å². The smallest absolute Gasteiger partial charge is 0.220 e. The molecule has 6 atom stereocenters. The maximum absolute atomic E-state index is 12.0. The van der Waals surface area contributed by atoms with Crippen molar-refractivity contribution in [2.24, 2.45) is 11.8 Å². The highest BCUT2D eigenvalue weighted by Crippen LogP contribution is 2.52. The minimum absolute atomic E-state index is 0.0425. The molecule has 1 aromatic carbocycles. The normalized spacial score (nSPS) is 25.0. The highest BCUT2D eigenvalue weighted by molar-refractivity contribution is 5.75. The Balaban J connectivity index is 1.64. The van der Waals surface area contributed by atoms with Gasteiger partial charge in [-0.2, -0.15) is 0 Å². The molecule has 5 nitrogen and oxygen atoms in total. The quantitative estimate of drug-likeness (QED) is 0.268. The summed E-state index contributed by atoms with van der Waals surface area (Å²) in [4.78, 5) is 12.0. The molecule has 3 rings (SSSR count). The fraction of sp³-hybridized carbons (Fsp3) is 0.607. The second-order valence-electron chi connectivity index (χ2n) is 9.44. The largest absolute Gasteiger partial charge is 0.489 e. The van der Waals surface area contributed by atoms with Crippen LogP contribution in [0.25, 0.3) is 0 Å². The Kier molecular flexibility index (Phi) is 9.41. The van der Waals surface area contributed by atoms with Crippen LogP contribution in [0.5, 0.6) is 5.75 Å². The molecule has 3 N–H and O–H groups in total. The van der Waals surface area contributed by atoms with E-state index in [-0.39, 0.29) is 29.8 Å². The van der Waals surface area contributed by atoms with Gasteiger partial charge in [0.25, 0.3) is 0 Å². The number of hydrogen-bond donors (Lipinski definition) is 3. The second kappa shape index (κ2) is 12.3. The Morgan fingerprint density at radius 1 is 1.36 bits per heavy atom. The van der Waals surface area contributed by atoms with Crippen LogP contribution in [0.1, 0.15) is 76.3 Å². The van der Waals surface area contributed by atoms with E-state index in [1.54, 1.807) is 6.92 Å².